The lowest BCUT2D eigenvalue weighted by molar-refractivity contribution is 0.247. The highest BCUT2D eigenvalue weighted by Gasteiger charge is 2.37. The van der Waals surface area contributed by atoms with Crippen LogP contribution in [0.5, 0.6) is 0 Å². The van der Waals surface area contributed by atoms with E-state index in [0.29, 0.717) is 5.41 Å². The minimum atomic E-state index is 0.587. The van der Waals surface area contributed by atoms with Gasteiger partial charge in [-0.15, -0.1) is 0 Å². The Morgan fingerprint density at radius 1 is 1.33 bits per heavy atom. The molecule has 98 valence electrons. The van der Waals surface area contributed by atoms with Crippen LogP contribution in [0.15, 0.2) is 18.5 Å². The average Bonchev–Trinajstić information content (AvgIpc) is 2.88. The molecule has 18 heavy (non-hydrogen) atoms. The van der Waals surface area contributed by atoms with Crippen LogP contribution in [0.3, 0.4) is 0 Å². The topological polar surface area (TPSA) is 40.2 Å². The first-order valence-corrected chi connectivity index (χ1v) is 6.90. The second-order valence-electron chi connectivity index (χ2n) is 5.56. The van der Waals surface area contributed by atoms with E-state index in [-0.39, 0.29) is 0 Å². The highest BCUT2D eigenvalue weighted by atomic mass is 15.2. The molecule has 2 aliphatic rings. The Bertz CT molecular complexity index is 402. The summed E-state index contributed by atoms with van der Waals surface area (Å²) in [5.74, 6) is 0. The molecule has 0 aromatic carbocycles. The van der Waals surface area contributed by atoms with E-state index in [1.807, 2.05) is 19.4 Å². The Hall–Kier alpha value is -1.29. The number of pyridine rings is 1. The molecular weight excluding hydrogens is 224 g/mol. The van der Waals surface area contributed by atoms with Crippen LogP contribution >= 0.6 is 0 Å². The van der Waals surface area contributed by atoms with Gasteiger partial charge in [0.05, 0.1) is 17.6 Å². The summed E-state index contributed by atoms with van der Waals surface area (Å²) in [4.78, 5) is 6.68. The van der Waals surface area contributed by atoms with Crippen LogP contribution < -0.4 is 15.5 Å². The summed E-state index contributed by atoms with van der Waals surface area (Å²) >= 11 is 0. The molecule has 0 amide bonds. The summed E-state index contributed by atoms with van der Waals surface area (Å²) in [6, 6.07) is 2.12. The van der Waals surface area contributed by atoms with E-state index in [1.54, 1.807) is 0 Å². The van der Waals surface area contributed by atoms with Gasteiger partial charge in [0, 0.05) is 32.9 Å². The number of nitrogens with one attached hydrogen (secondary N) is 2. The van der Waals surface area contributed by atoms with Crippen molar-refractivity contribution in [1.82, 2.24) is 10.3 Å². The van der Waals surface area contributed by atoms with Crippen molar-refractivity contribution in [2.75, 3.05) is 43.4 Å². The van der Waals surface area contributed by atoms with Gasteiger partial charge in [-0.1, -0.05) is 0 Å². The molecule has 0 radical (unpaired) electrons. The lowest BCUT2D eigenvalue weighted by atomic mass is 9.78. The normalized spacial score (nSPS) is 22.4. The molecule has 4 nitrogen and oxygen atoms in total. The zero-order chi connectivity index (χ0) is 12.4. The molecule has 0 unspecified atom stereocenters. The first-order valence-electron chi connectivity index (χ1n) is 6.90. The lowest BCUT2D eigenvalue weighted by Crippen LogP contribution is -2.41. The van der Waals surface area contributed by atoms with Crippen LogP contribution in [0.4, 0.5) is 11.4 Å². The zero-order valence-corrected chi connectivity index (χ0v) is 11.1. The van der Waals surface area contributed by atoms with E-state index in [0.717, 1.165) is 5.69 Å². The number of piperidine rings is 1. The maximum Gasteiger partial charge on any atom is 0.0761 e. The van der Waals surface area contributed by atoms with Crippen molar-refractivity contribution >= 4 is 11.4 Å². The van der Waals surface area contributed by atoms with E-state index in [2.05, 4.69) is 26.6 Å². The maximum atomic E-state index is 4.18. The van der Waals surface area contributed by atoms with Gasteiger partial charge in [0.25, 0.3) is 0 Å². The Balaban J connectivity index is 1.72. The molecule has 1 aromatic heterocycles. The number of hydrogen-bond donors (Lipinski definition) is 2. The molecule has 3 heterocycles. The number of hydrogen-bond acceptors (Lipinski definition) is 4. The largest absolute Gasteiger partial charge is 0.385 e. The van der Waals surface area contributed by atoms with Gasteiger partial charge >= 0.3 is 0 Å². The van der Waals surface area contributed by atoms with Gasteiger partial charge in [-0.3, -0.25) is 4.98 Å². The molecule has 2 fully saturated rings. The van der Waals surface area contributed by atoms with Crippen molar-refractivity contribution < 1.29 is 0 Å². The molecule has 1 spiro atoms. The molecule has 0 bridgehead atoms. The molecule has 2 N–H and O–H groups in total. The number of rotatable bonds is 2. The van der Waals surface area contributed by atoms with Crippen molar-refractivity contribution in [3.8, 4) is 0 Å². The first-order chi connectivity index (χ1) is 8.83. The highest BCUT2D eigenvalue weighted by molar-refractivity contribution is 5.68. The summed E-state index contributed by atoms with van der Waals surface area (Å²) in [5, 5.41) is 6.76. The minimum Gasteiger partial charge on any atom is -0.385 e. The molecule has 0 aliphatic carbocycles. The van der Waals surface area contributed by atoms with Gasteiger partial charge in [-0.05, 0) is 37.3 Å². The third kappa shape index (κ3) is 2.05. The standard InChI is InChI=1S/C14H22N4/c1-15-12-10-16-6-2-13(12)18-8-4-14(5-9-18)3-7-17-11-14/h2,6,10,15,17H,3-5,7-9,11H2,1H3. The molecule has 0 atom stereocenters. The van der Waals surface area contributed by atoms with Crippen molar-refractivity contribution in [1.29, 1.82) is 0 Å². The van der Waals surface area contributed by atoms with Gasteiger partial charge in [0.15, 0.2) is 0 Å². The summed E-state index contributed by atoms with van der Waals surface area (Å²) in [7, 11) is 1.97. The van der Waals surface area contributed by atoms with Crippen LogP contribution in [0.2, 0.25) is 0 Å². The molecule has 3 rings (SSSR count). The minimum absolute atomic E-state index is 0.587. The molecule has 0 saturated carbocycles. The fraction of sp³-hybridized carbons (Fsp3) is 0.643. The summed E-state index contributed by atoms with van der Waals surface area (Å²) in [6.45, 7) is 4.76. The van der Waals surface area contributed by atoms with Crippen LogP contribution in [-0.2, 0) is 0 Å². The van der Waals surface area contributed by atoms with Crippen LogP contribution in [0, 0.1) is 5.41 Å². The summed E-state index contributed by atoms with van der Waals surface area (Å²) in [6.07, 6.45) is 7.78. The Labute approximate surface area is 109 Å². The van der Waals surface area contributed by atoms with E-state index in [4.69, 9.17) is 0 Å². The lowest BCUT2D eigenvalue weighted by Gasteiger charge is -2.40. The SMILES string of the molecule is CNc1cnccc1N1CCC2(CCNC2)CC1. The average molecular weight is 246 g/mol. The zero-order valence-electron chi connectivity index (χ0n) is 11.1. The Morgan fingerprint density at radius 2 is 2.17 bits per heavy atom. The first kappa shape index (κ1) is 11.8. The maximum absolute atomic E-state index is 4.18. The fourth-order valence-corrected chi connectivity index (χ4v) is 3.30. The number of nitrogens with zero attached hydrogens (tertiary/aromatic N) is 2. The van der Waals surface area contributed by atoms with Gasteiger partial charge in [-0.25, -0.2) is 0 Å². The smallest absolute Gasteiger partial charge is 0.0761 e. The summed E-state index contributed by atoms with van der Waals surface area (Å²) < 4.78 is 0. The predicted molar refractivity (Wildman–Crippen MR) is 75.2 cm³/mol. The van der Waals surface area contributed by atoms with Crippen molar-refractivity contribution in [3.05, 3.63) is 18.5 Å². The third-order valence-corrected chi connectivity index (χ3v) is 4.56. The van der Waals surface area contributed by atoms with Crippen LogP contribution in [0.25, 0.3) is 0 Å². The van der Waals surface area contributed by atoms with Crippen molar-refractivity contribution in [3.63, 3.8) is 0 Å². The van der Waals surface area contributed by atoms with Gasteiger partial charge in [-0.2, -0.15) is 0 Å². The summed E-state index contributed by atoms with van der Waals surface area (Å²) in [5.41, 5.74) is 3.02. The second kappa shape index (κ2) is 4.76. The highest BCUT2D eigenvalue weighted by Crippen LogP contribution is 2.39. The van der Waals surface area contributed by atoms with Gasteiger partial charge < -0.3 is 15.5 Å². The van der Waals surface area contributed by atoms with Crippen molar-refractivity contribution in [2.45, 2.75) is 19.3 Å². The van der Waals surface area contributed by atoms with Gasteiger partial charge in [0.1, 0.15) is 0 Å². The van der Waals surface area contributed by atoms with E-state index in [9.17, 15) is 0 Å². The molecule has 2 aliphatic heterocycles. The predicted octanol–water partition coefficient (Wildman–Crippen LogP) is 1.70. The van der Waals surface area contributed by atoms with E-state index >= 15 is 0 Å². The molecule has 2 saturated heterocycles. The second-order valence-corrected chi connectivity index (χ2v) is 5.56. The van der Waals surface area contributed by atoms with Crippen LogP contribution in [-0.4, -0.2) is 38.2 Å². The fourth-order valence-electron chi connectivity index (χ4n) is 3.30. The van der Waals surface area contributed by atoms with Crippen molar-refractivity contribution in [2.24, 2.45) is 5.41 Å². The molecule has 4 heteroatoms. The Kier molecular flexibility index (Phi) is 3.12. The third-order valence-electron chi connectivity index (χ3n) is 4.56. The van der Waals surface area contributed by atoms with Gasteiger partial charge in [0.2, 0.25) is 0 Å². The quantitative estimate of drug-likeness (QED) is 0.833. The van der Waals surface area contributed by atoms with E-state index < -0.39 is 0 Å². The van der Waals surface area contributed by atoms with E-state index in [1.165, 1.54) is 51.1 Å². The molecule has 1 aromatic rings. The number of aromatic nitrogens is 1. The Morgan fingerprint density at radius 3 is 2.83 bits per heavy atom. The monoisotopic (exact) mass is 246 g/mol. The number of anilines is 2. The van der Waals surface area contributed by atoms with Crippen LogP contribution in [0.1, 0.15) is 19.3 Å². The molecular formula is C14H22N4.